The number of carboxylic acids is 1. The number of furan rings is 1. The first-order valence-corrected chi connectivity index (χ1v) is 9.38. The quantitative estimate of drug-likeness (QED) is 0.494. The number of rotatable bonds is 5. The van der Waals surface area contributed by atoms with Gasteiger partial charge in [0.05, 0.1) is 11.5 Å². The summed E-state index contributed by atoms with van der Waals surface area (Å²) >= 11 is 0. The molecule has 0 radical (unpaired) electrons. The van der Waals surface area contributed by atoms with Crippen LogP contribution in [0.3, 0.4) is 0 Å². The number of para-hydroxylation sites is 1. The van der Waals surface area contributed by atoms with Crippen LogP contribution >= 0.6 is 0 Å². The molecule has 0 N–H and O–H groups in total. The van der Waals surface area contributed by atoms with Gasteiger partial charge in [-0.15, -0.1) is 0 Å². The molecule has 0 amide bonds. The zero-order valence-electron chi connectivity index (χ0n) is 15.8. The maximum Gasteiger partial charge on any atom is 0.153 e. The highest BCUT2D eigenvalue weighted by atomic mass is 16.4. The Kier molecular flexibility index (Phi) is 4.70. The van der Waals surface area contributed by atoms with E-state index in [4.69, 9.17) is 4.42 Å². The molecule has 140 valence electrons. The number of hydrogen-bond donors (Lipinski definition) is 0. The largest absolute Gasteiger partial charge is 0.545 e. The first-order chi connectivity index (χ1) is 13.6. The van der Waals surface area contributed by atoms with Crippen LogP contribution in [0.4, 0.5) is 0 Å². The van der Waals surface area contributed by atoms with Gasteiger partial charge in [-0.2, -0.15) is 0 Å². The van der Waals surface area contributed by atoms with Crippen LogP contribution in [-0.2, 0) is 0 Å². The number of pyridine rings is 1. The number of carbonyl (C=O) groups is 1. The van der Waals surface area contributed by atoms with Gasteiger partial charge in [0.1, 0.15) is 11.5 Å². The molecule has 0 aliphatic carbocycles. The zero-order chi connectivity index (χ0) is 19.7. The average Bonchev–Trinajstić information content (AvgIpc) is 3.22. The fourth-order valence-corrected chi connectivity index (χ4v) is 3.31. The van der Waals surface area contributed by atoms with Crippen LogP contribution in [0.15, 0.2) is 71.1 Å². The van der Waals surface area contributed by atoms with Crippen LogP contribution in [-0.4, -0.2) is 11.0 Å². The predicted octanol–water partition coefficient (Wildman–Crippen LogP) is 5.04. The monoisotopic (exact) mass is 370 g/mol. The Bertz CT molecular complexity index is 1140. The van der Waals surface area contributed by atoms with E-state index >= 15 is 0 Å². The second kappa shape index (κ2) is 7.31. The smallest absolute Gasteiger partial charge is 0.153 e. The van der Waals surface area contributed by atoms with Crippen molar-refractivity contribution in [1.82, 2.24) is 4.98 Å². The van der Waals surface area contributed by atoms with Gasteiger partial charge < -0.3 is 14.3 Å². The van der Waals surface area contributed by atoms with Gasteiger partial charge in [-0.1, -0.05) is 56.3 Å². The molecule has 0 saturated carbocycles. The molecule has 4 aromatic rings. The van der Waals surface area contributed by atoms with E-state index in [1.807, 2.05) is 30.3 Å². The number of carboxylic acid groups (broad SMARTS) is 1. The standard InChI is InChI=1S/C24H21NO3/c1-3-15(2)16-8-10-17(11-9-16)22-12-13-23(28-22)21-14-19(24(26)27)18-6-4-5-7-20(18)25-21/h4-15H,3H2,1-2H3,(H,26,27)/p-1/t15-/m1/s1. The molecule has 2 aromatic heterocycles. The van der Waals surface area contributed by atoms with E-state index in [1.54, 1.807) is 18.2 Å². The Balaban J connectivity index is 1.72. The molecule has 0 aliphatic heterocycles. The molecular formula is C24H20NO3-. The highest BCUT2D eigenvalue weighted by molar-refractivity contribution is 6.02. The summed E-state index contributed by atoms with van der Waals surface area (Å²) in [6.07, 6.45) is 1.10. The molecule has 2 aromatic carbocycles. The Morgan fingerprint density at radius 1 is 1.04 bits per heavy atom. The van der Waals surface area contributed by atoms with Gasteiger partial charge in [0.15, 0.2) is 5.76 Å². The van der Waals surface area contributed by atoms with Crippen LogP contribution < -0.4 is 5.11 Å². The lowest BCUT2D eigenvalue weighted by Gasteiger charge is -2.09. The van der Waals surface area contributed by atoms with Crippen LogP contribution in [0.25, 0.3) is 33.7 Å². The molecule has 0 spiro atoms. The first kappa shape index (κ1) is 18.0. The summed E-state index contributed by atoms with van der Waals surface area (Å²) < 4.78 is 5.99. The van der Waals surface area contributed by atoms with E-state index in [0.717, 1.165) is 17.7 Å². The third-order valence-electron chi connectivity index (χ3n) is 5.17. The van der Waals surface area contributed by atoms with E-state index in [1.165, 1.54) is 11.6 Å². The van der Waals surface area contributed by atoms with Crippen molar-refractivity contribution in [1.29, 1.82) is 0 Å². The van der Waals surface area contributed by atoms with Gasteiger partial charge in [-0.05, 0) is 42.2 Å². The molecule has 28 heavy (non-hydrogen) atoms. The van der Waals surface area contributed by atoms with Crippen molar-refractivity contribution in [3.8, 4) is 22.8 Å². The lowest BCUT2D eigenvalue weighted by molar-refractivity contribution is -0.254. The Labute approximate surface area is 163 Å². The van der Waals surface area contributed by atoms with Crippen LogP contribution in [0.1, 0.15) is 42.1 Å². The third kappa shape index (κ3) is 3.29. The van der Waals surface area contributed by atoms with Gasteiger partial charge in [0.25, 0.3) is 0 Å². The van der Waals surface area contributed by atoms with E-state index in [2.05, 4.69) is 31.0 Å². The van der Waals surface area contributed by atoms with Crippen LogP contribution in [0, 0.1) is 0 Å². The topological polar surface area (TPSA) is 66.2 Å². The maximum absolute atomic E-state index is 11.6. The molecule has 0 aliphatic rings. The average molecular weight is 370 g/mol. The first-order valence-electron chi connectivity index (χ1n) is 9.38. The fourth-order valence-electron chi connectivity index (χ4n) is 3.31. The van der Waals surface area contributed by atoms with Crippen LogP contribution in [0.2, 0.25) is 0 Å². The van der Waals surface area contributed by atoms with Crippen molar-refractivity contribution in [3.05, 3.63) is 77.9 Å². The summed E-state index contributed by atoms with van der Waals surface area (Å²) in [5.74, 6) is 0.531. The molecular weight excluding hydrogens is 350 g/mol. The third-order valence-corrected chi connectivity index (χ3v) is 5.17. The number of carbonyl (C=O) groups excluding carboxylic acids is 1. The minimum absolute atomic E-state index is 0.108. The number of aromatic carboxylic acids is 1. The van der Waals surface area contributed by atoms with Crippen molar-refractivity contribution in [2.45, 2.75) is 26.2 Å². The van der Waals surface area contributed by atoms with E-state index < -0.39 is 5.97 Å². The highest BCUT2D eigenvalue weighted by Gasteiger charge is 2.13. The molecule has 2 heterocycles. The Morgan fingerprint density at radius 3 is 2.46 bits per heavy atom. The van der Waals surface area contributed by atoms with Gasteiger partial charge in [0.2, 0.25) is 0 Å². The van der Waals surface area contributed by atoms with Gasteiger partial charge in [0, 0.05) is 16.5 Å². The molecule has 0 bridgehead atoms. The number of hydrogen-bond acceptors (Lipinski definition) is 4. The van der Waals surface area contributed by atoms with Gasteiger partial charge in [-0.25, -0.2) is 4.98 Å². The number of benzene rings is 2. The highest BCUT2D eigenvalue weighted by Crippen LogP contribution is 2.31. The number of fused-ring (bicyclic) bond motifs is 1. The van der Waals surface area contributed by atoms with E-state index in [-0.39, 0.29) is 5.56 Å². The van der Waals surface area contributed by atoms with Crippen LogP contribution in [0.5, 0.6) is 0 Å². The molecule has 4 nitrogen and oxygen atoms in total. The maximum atomic E-state index is 11.6. The predicted molar refractivity (Wildman–Crippen MR) is 108 cm³/mol. The summed E-state index contributed by atoms with van der Waals surface area (Å²) in [6, 6.07) is 20.6. The Hall–Kier alpha value is -3.40. The molecule has 4 rings (SSSR count). The SMILES string of the molecule is CC[C@@H](C)c1ccc(-c2ccc(-c3cc(C(=O)[O-])c4ccccc4n3)o2)cc1. The minimum Gasteiger partial charge on any atom is -0.545 e. The van der Waals surface area contributed by atoms with Gasteiger partial charge in [-0.3, -0.25) is 0 Å². The molecule has 0 saturated heterocycles. The molecule has 1 atom stereocenters. The zero-order valence-corrected chi connectivity index (χ0v) is 15.8. The normalized spacial score (nSPS) is 12.2. The van der Waals surface area contributed by atoms with E-state index in [9.17, 15) is 9.90 Å². The summed E-state index contributed by atoms with van der Waals surface area (Å²) in [6.45, 7) is 4.38. The second-order valence-electron chi connectivity index (χ2n) is 6.95. The molecule has 0 unspecified atom stereocenters. The van der Waals surface area contributed by atoms with Crippen molar-refractivity contribution in [2.24, 2.45) is 0 Å². The van der Waals surface area contributed by atoms with Crippen molar-refractivity contribution < 1.29 is 14.3 Å². The summed E-state index contributed by atoms with van der Waals surface area (Å²) in [7, 11) is 0. The summed E-state index contributed by atoms with van der Waals surface area (Å²) in [5.41, 5.74) is 3.44. The van der Waals surface area contributed by atoms with E-state index in [0.29, 0.717) is 28.3 Å². The minimum atomic E-state index is -1.23. The number of nitrogens with zero attached hydrogens (tertiary/aromatic N) is 1. The number of aromatic nitrogens is 1. The van der Waals surface area contributed by atoms with Crippen molar-refractivity contribution >= 4 is 16.9 Å². The lowest BCUT2D eigenvalue weighted by Crippen LogP contribution is -2.22. The second-order valence-corrected chi connectivity index (χ2v) is 6.95. The molecule has 0 fully saturated rings. The lowest BCUT2D eigenvalue weighted by atomic mass is 9.97. The molecule has 4 heteroatoms. The summed E-state index contributed by atoms with van der Waals surface area (Å²) in [4.78, 5) is 16.1. The van der Waals surface area contributed by atoms with Gasteiger partial charge >= 0.3 is 0 Å². The van der Waals surface area contributed by atoms with Crippen molar-refractivity contribution in [2.75, 3.05) is 0 Å². The fraction of sp³-hybridized carbons (Fsp3) is 0.167. The Morgan fingerprint density at radius 2 is 1.75 bits per heavy atom. The summed E-state index contributed by atoms with van der Waals surface area (Å²) in [5, 5.41) is 12.1. The van der Waals surface area contributed by atoms with Crippen molar-refractivity contribution in [3.63, 3.8) is 0 Å².